The number of rotatable bonds is 21. The molecule has 1 fully saturated rings. The third-order valence-electron chi connectivity index (χ3n) is 17.1. The van der Waals surface area contributed by atoms with Gasteiger partial charge in [0.2, 0.25) is 41.1 Å². The van der Waals surface area contributed by atoms with Gasteiger partial charge >= 0.3 is 59.7 Å². The van der Waals surface area contributed by atoms with Crippen LogP contribution >= 0.6 is 0 Å². The smallest absolute Gasteiger partial charge is 0.343 e. The van der Waals surface area contributed by atoms with Gasteiger partial charge in [-0.15, -0.1) is 0 Å². The summed E-state index contributed by atoms with van der Waals surface area (Å²) in [7, 11) is 0. The van der Waals surface area contributed by atoms with E-state index >= 15 is 14.4 Å². The van der Waals surface area contributed by atoms with Gasteiger partial charge in [0.1, 0.15) is 12.7 Å². The Hall–Kier alpha value is -17.9. The van der Waals surface area contributed by atoms with Crippen molar-refractivity contribution in [3.8, 4) is 167 Å². The van der Waals surface area contributed by atoms with Gasteiger partial charge in [-0.05, 0) is 134 Å². The summed E-state index contributed by atoms with van der Waals surface area (Å²) in [4.78, 5) is 143. The topological polar surface area (TPSA) is 758 Å². The third kappa shape index (κ3) is 17.6. The molecule has 1 saturated heterocycles. The second-order valence-corrected chi connectivity index (χ2v) is 25.4. The summed E-state index contributed by atoms with van der Waals surface area (Å²) in [6.07, 6.45) is -14.9. The Morgan fingerprint density at radius 3 is 0.680 bits per heavy atom. The highest BCUT2D eigenvalue weighted by molar-refractivity contribution is 6.00. The largest absolute Gasteiger partial charge is 0.504 e. The maximum atomic E-state index is 15.3. The van der Waals surface area contributed by atoms with Crippen LogP contribution in [0.4, 0.5) is 0 Å². The van der Waals surface area contributed by atoms with Gasteiger partial charge in [0.15, 0.2) is 150 Å². The molecule has 122 heavy (non-hydrogen) atoms. The standard InChI is InChI=1S/C77H54O45/c1-23-2-24(3-34(78)54(23)92)68(103)113-49-20-32(15-46(90)60(49)98)75(110)121-66-65(120-74(109)31-14-45(89)62(100)51(19-31)116-71(106)27-8-39(83)57(95)40(84)9-27)64(119-73(108)30-13-44(88)61(99)50(18-30)115-70(105)26-6-37(81)56(94)38(82)7-26)53(22-112-67(102)29-12-43(87)59(97)48(17-29)114-69(104)25-4-35(79)55(93)36(80)5-25)118-77(66)122-76(111)33-16-47(91)63(101)52(21-33)117-72(107)28-10-41(85)58(96)42(86)11-28/h2-21,53,64-66,77-101H,22H2,1H3/t53-,64-,65+,66-,77-/m1/s1. The second-order valence-electron chi connectivity index (χ2n) is 25.4. The third-order valence-corrected chi connectivity index (χ3v) is 17.1. The molecule has 1 aliphatic rings. The first-order chi connectivity index (χ1) is 57.4. The molecule has 0 amide bonds. The van der Waals surface area contributed by atoms with Gasteiger partial charge in [-0.2, -0.15) is 0 Å². The van der Waals surface area contributed by atoms with Crippen LogP contribution in [-0.4, -0.2) is 220 Å². The number of hydrogen-bond donors (Lipinski definition) is 24. The number of hydrogen-bond acceptors (Lipinski definition) is 45. The van der Waals surface area contributed by atoms with E-state index in [0.717, 1.165) is 6.07 Å². The van der Waals surface area contributed by atoms with Crippen LogP contribution in [0.5, 0.6) is 167 Å². The lowest BCUT2D eigenvalue weighted by Gasteiger charge is -2.43. The highest BCUT2D eigenvalue weighted by atomic mass is 16.8. The number of carbonyl (C=O) groups is 10. The molecule has 0 unspecified atom stereocenters. The maximum Gasteiger partial charge on any atom is 0.343 e. The molecule has 0 radical (unpaired) electrons. The molecular weight excluding hydrogens is 1640 g/mol. The van der Waals surface area contributed by atoms with Crippen molar-refractivity contribution < 1.29 is 223 Å². The van der Waals surface area contributed by atoms with Crippen molar-refractivity contribution in [3.63, 3.8) is 0 Å². The van der Waals surface area contributed by atoms with E-state index in [1.807, 2.05) is 0 Å². The predicted molar refractivity (Wildman–Crippen MR) is 386 cm³/mol. The number of esters is 10. The number of benzene rings is 10. The maximum absolute atomic E-state index is 15.3. The predicted octanol–water partition coefficient (Wildman–Crippen LogP) is 5.44. The zero-order valence-electron chi connectivity index (χ0n) is 60.4. The Kier molecular flexibility index (Phi) is 23.3. The van der Waals surface area contributed by atoms with Crippen molar-refractivity contribution in [2.45, 2.75) is 37.6 Å². The second kappa shape index (κ2) is 33.5. The molecule has 1 heterocycles. The number of aryl methyl sites for hydroxylation is 1. The van der Waals surface area contributed by atoms with Gasteiger partial charge in [-0.25, -0.2) is 47.9 Å². The normalized spacial score (nSPS) is 14.6. The first-order valence-electron chi connectivity index (χ1n) is 33.5. The van der Waals surface area contributed by atoms with E-state index in [9.17, 15) is 156 Å². The lowest BCUT2D eigenvalue weighted by Crippen LogP contribution is -2.63. The molecule has 10 aromatic carbocycles. The Morgan fingerprint density at radius 1 is 0.230 bits per heavy atom. The van der Waals surface area contributed by atoms with Crippen molar-refractivity contribution in [2.75, 3.05) is 6.61 Å². The molecule has 0 spiro atoms. The molecule has 0 aromatic heterocycles. The summed E-state index contributed by atoms with van der Waals surface area (Å²) in [5, 5.41) is 252. The van der Waals surface area contributed by atoms with Gasteiger partial charge < -0.3 is 175 Å². The molecule has 5 atom stereocenters. The lowest BCUT2D eigenvalue weighted by atomic mass is 9.97. The molecule has 11 rings (SSSR count). The monoisotopic (exact) mass is 1700 g/mol. The van der Waals surface area contributed by atoms with E-state index in [0.29, 0.717) is 115 Å². The van der Waals surface area contributed by atoms with E-state index in [1.54, 1.807) is 0 Å². The van der Waals surface area contributed by atoms with Gasteiger partial charge in [0, 0.05) is 0 Å². The Balaban J connectivity index is 1.09. The summed E-state index contributed by atoms with van der Waals surface area (Å²) < 4.78 is 60.7. The average molecular weight is 1700 g/mol. The zero-order chi connectivity index (χ0) is 89.4. The SMILES string of the molecule is Cc1cc(C(=O)Oc2cc(C(=O)O[C@H]3[C@@H](OC(=O)c4cc(O)c(O)c(OC(=O)c5cc(O)c(O)c(O)c5)c4)O[C@H](COC(=O)c4cc(O)c(O)c(OC(=O)c5cc(O)c(O)c(O)c5)c4)[C@@H](OC(=O)c4cc(O)c(O)c(OC(=O)c5cc(O)c(O)c(O)c5)c4)[C@@H]3OC(=O)c3cc(O)c(O)c(OC(=O)c4cc(O)c(O)c(O)c4)c3)cc(O)c2O)cc(O)c1O. The Bertz CT molecular complexity index is 5970. The van der Waals surface area contributed by atoms with Crippen LogP contribution in [0.25, 0.3) is 0 Å². The van der Waals surface area contributed by atoms with Gasteiger partial charge in [-0.3, -0.25) is 0 Å². The lowest BCUT2D eigenvalue weighted by molar-refractivity contribution is -0.282. The fourth-order valence-electron chi connectivity index (χ4n) is 11.0. The van der Waals surface area contributed by atoms with E-state index in [1.165, 1.54) is 6.92 Å². The minimum Gasteiger partial charge on any atom is -0.504 e. The van der Waals surface area contributed by atoms with Crippen molar-refractivity contribution in [1.29, 1.82) is 0 Å². The molecule has 0 aliphatic carbocycles. The van der Waals surface area contributed by atoms with Gasteiger partial charge in [0.25, 0.3) is 0 Å². The van der Waals surface area contributed by atoms with Crippen LogP contribution in [0.2, 0.25) is 0 Å². The highest BCUT2D eigenvalue weighted by Crippen LogP contribution is 2.47. The minimum atomic E-state index is -3.09. The molecule has 0 bridgehead atoms. The first-order valence-corrected chi connectivity index (χ1v) is 33.5. The number of phenols is 24. The van der Waals surface area contributed by atoms with Crippen molar-refractivity contribution >= 4 is 59.7 Å². The van der Waals surface area contributed by atoms with E-state index in [-0.39, 0.29) is 5.56 Å². The van der Waals surface area contributed by atoms with Crippen LogP contribution < -0.4 is 23.7 Å². The van der Waals surface area contributed by atoms with Crippen LogP contribution in [0.3, 0.4) is 0 Å². The van der Waals surface area contributed by atoms with E-state index < -0.39 is 319 Å². The van der Waals surface area contributed by atoms with Gasteiger partial charge in [-0.1, -0.05) is 0 Å². The summed E-state index contributed by atoms with van der Waals surface area (Å²) >= 11 is 0. The van der Waals surface area contributed by atoms with Crippen molar-refractivity contribution in [1.82, 2.24) is 0 Å². The number of carbonyl (C=O) groups excluding carboxylic acids is 10. The molecule has 45 heteroatoms. The molecule has 632 valence electrons. The van der Waals surface area contributed by atoms with Crippen LogP contribution in [0.15, 0.2) is 121 Å². The summed E-state index contributed by atoms with van der Waals surface area (Å²) in [5.74, 6) is -53.4. The van der Waals surface area contributed by atoms with Crippen molar-refractivity contribution in [2.24, 2.45) is 0 Å². The number of phenolic OH excluding ortho intramolecular Hbond substituents is 24. The van der Waals surface area contributed by atoms with Crippen LogP contribution in [0.1, 0.15) is 109 Å². The Morgan fingerprint density at radius 2 is 0.426 bits per heavy atom. The first kappa shape index (κ1) is 85.0. The average Bonchev–Trinajstić information content (AvgIpc) is 0.764. The summed E-state index contributed by atoms with van der Waals surface area (Å²) in [6, 6.07) is 9.43. The van der Waals surface area contributed by atoms with E-state index in [2.05, 4.69) is 0 Å². The number of ether oxygens (including phenoxy) is 11. The highest BCUT2D eigenvalue weighted by Gasteiger charge is 2.55. The minimum absolute atomic E-state index is 0.151. The Labute approximate surface area is 673 Å². The van der Waals surface area contributed by atoms with Crippen molar-refractivity contribution in [3.05, 3.63) is 183 Å². The van der Waals surface area contributed by atoms with E-state index in [4.69, 9.17) is 52.1 Å². The molecule has 1 aliphatic heterocycles. The fourth-order valence-corrected chi connectivity index (χ4v) is 11.0. The molecule has 0 saturated carbocycles. The zero-order valence-corrected chi connectivity index (χ0v) is 60.4. The van der Waals surface area contributed by atoms with Gasteiger partial charge in [0.05, 0.1) is 55.6 Å². The summed E-state index contributed by atoms with van der Waals surface area (Å²) in [5.41, 5.74) is -9.65. The molecule has 24 N–H and O–H groups in total. The summed E-state index contributed by atoms with van der Waals surface area (Å²) in [6.45, 7) is -0.487. The van der Waals surface area contributed by atoms with Crippen LogP contribution in [-0.2, 0) is 28.4 Å². The molecule has 45 nitrogen and oxygen atoms in total. The van der Waals surface area contributed by atoms with Crippen LogP contribution in [0, 0.1) is 6.92 Å². The fraction of sp³-hybridized carbons (Fsp3) is 0.0909. The number of aromatic hydroxyl groups is 24. The quantitative estimate of drug-likeness (QED) is 0.0184. The molecular formula is C77H54O45. The molecule has 10 aromatic rings.